The lowest BCUT2D eigenvalue weighted by atomic mass is 9.94. The molecule has 1 saturated heterocycles. The number of benzene rings is 2. The van der Waals surface area contributed by atoms with Gasteiger partial charge in [-0.2, -0.15) is 0 Å². The van der Waals surface area contributed by atoms with Gasteiger partial charge in [0, 0.05) is 17.9 Å². The van der Waals surface area contributed by atoms with Crippen LogP contribution in [-0.4, -0.2) is 48.8 Å². The molecule has 0 spiro atoms. The molecule has 5 nitrogen and oxygen atoms in total. The van der Waals surface area contributed by atoms with E-state index in [9.17, 15) is 10.2 Å². The van der Waals surface area contributed by atoms with Crippen LogP contribution < -0.4 is 4.74 Å². The Morgan fingerprint density at radius 3 is 2.67 bits per heavy atom. The summed E-state index contributed by atoms with van der Waals surface area (Å²) in [5.74, 6) is 3.18. The molecular weight excluding hydrogens is 404 g/mol. The summed E-state index contributed by atoms with van der Waals surface area (Å²) in [5.41, 5.74) is 3.04. The highest BCUT2D eigenvalue weighted by Crippen LogP contribution is 2.33. The van der Waals surface area contributed by atoms with E-state index < -0.39 is 6.10 Å². The maximum atomic E-state index is 10.1. The topological polar surface area (TPSA) is 68.2 Å². The lowest BCUT2D eigenvalue weighted by Gasteiger charge is -2.32. The molecule has 160 valence electrons. The summed E-state index contributed by atoms with van der Waals surface area (Å²) < 4.78 is 16.7. The Balaban J connectivity index is 1.62. The molecule has 0 bridgehead atoms. The quantitative estimate of drug-likeness (QED) is 0.470. The van der Waals surface area contributed by atoms with Gasteiger partial charge >= 0.3 is 0 Å². The van der Waals surface area contributed by atoms with Gasteiger partial charge in [0.25, 0.3) is 0 Å². The summed E-state index contributed by atoms with van der Waals surface area (Å²) in [6.45, 7) is 1.08. The van der Waals surface area contributed by atoms with Crippen LogP contribution in [0.25, 0.3) is 0 Å². The predicted octanol–water partition coefficient (Wildman–Crippen LogP) is 3.53. The third kappa shape index (κ3) is 6.46. The fourth-order valence-electron chi connectivity index (χ4n) is 3.53. The molecule has 0 amide bonds. The Morgan fingerprint density at radius 1 is 1.13 bits per heavy atom. The van der Waals surface area contributed by atoms with Crippen molar-refractivity contribution in [3.63, 3.8) is 0 Å². The standard InChI is InChI=1S/C24H27ClO5/c1-2-9-28-10-11-29-21-6-3-17(4-7-21)12-19-13-18(5-8-23(19)25)24-15-20(27)14-22(16-26)30-24/h1,3-8,13,20,22,24,26-27H,9-12,14-16H2/t20?,22?,24-/m0/s1. The largest absolute Gasteiger partial charge is 0.491 e. The van der Waals surface area contributed by atoms with Gasteiger partial charge in [0.15, 0.2) is 0 Å². The highest BCUT2D eigenvalue weighted by atomic mass is 35.5. The SMILES string of the molecule is C#CCOCCOc1ccc(Cc2cc([C@@H]3CC(O)CC(CO)O3)ccc2Cl)cc1. The van der Waals surface area contributed by atoms with Gasteiger partial charge < -0.3 is 24.4 Å². The summed E-state index contributed by atoms with van der Waals surface area (Å²) in [7, 11) is 0. The maximum absolute atomic E-state index is 10.1. The van der Waals surface area contributed by atoms with Crippen molar-refractivity contribution in [3.05, 3.63) is 64.2 Å². The average Bonchev–Trinajstić information content (AvgIpc) is 2.75. The molecular formula is C24H27ClO5. The van der Waals surface area contributed by atoms with Gasteiger partial charge in [-0.05, 0) is 41.3 Å². The van der Waals surface area contributed by atoms with Crippen LogP contribution in [0.15, 0.2) is 42.5 Å². The van der Waals surface area contributed by atoms with Crippen molar-refractivity contribution in [1.29, 1.82) is 0 Å². The van der Waals surface area contributed by atoms with Gasteiger partial charge in [0.05, 0.1) is 31.5 Å². The van der Waals surface area contributed by atoms with Crippen LogP contribution in [-0.2, 0) is 15.9 Å². The van der Waals surface area contributed by atoms with E-state index in [2.05, 4.69) is 5.92 Å². The van der Waals surface area contributed by atoms with Crippen LogP contribution in [0.2, 0.25) is 5.02 Å². The summed E-state index contributed by atoms with van der Waals surface area (Å²) >= 11 is 6.43. The van der Waals surface area contributed by atoms with Crippen molar-refractivity contribution in [2.24, 2.45) is 0 Å². The number of aliphatic hydroxyl groups is 2. The molecule has 2 aromatic rings. The number of rotatable bonds is 9. The molecule has 0 saturated carbocycles. The van der Waals surface area contributed by atoms with Crippen molar-refractivity contribution in [3.8, 4) is 18.1 Å². The van der Waals surface area contributed by atoms with Gasteiger partial charge in [-0.25, -0.2) is 0 Å². The minimum Gasteiger partial charge on any atom is -0.491 e. The third-order valence-electron chi connectivity index (χ3n) is 5.02. The molecule has 3 atom stereocenters. The molecule has 30 heavy (non-hydrogen) atoms. The normalized spacial score (nSPS) is 21.2. The van der Waals surface area contributed by atoms with E-state index in [1.807, 2.05) is 42.5 Å². The smallest absolute Gasteiger partial charge is 0.119 e. The van der Waals surface area contributed by atoms with E-state index in [0.717, 1.165) is 22.4 Å². The lowest BCUT2D eigenvalue weighted by Crippen LogP contribution is -2.33. The first-order chi connectivity index (χ1) is 14.6. The molecule has 1 aliphatic rings. The van der Waals surface area contributed by atoms with Crippen molar-refractivity contribution in [2.45, 2.75) is 37.6 Å². The first-order valence-electron chi connectivity index (χ1n) is 10.0. The fourth-order valence-corrected chi connectivity index (χ4v) is 3.71. The first kappa shape index (κ1) is 22.6. The first-order valence-corrected chi connectivity index (χ1v) is 10.4. The number of ether oxygens (including phenoxy) is 3. The summed E-state index contributed by atoms with van der Waals surface area (Å²) in [6, 6.07) is 13.6. The van der Waals surface area contributed by atoms with E-state index in [4.69, 9.17) is 32.2 Å². The number of aliphatic hydroxyl groups excluding tert-OH is 2. The molecule has 1 aliphatic heterocycles. The van der Waals surface area contributed by atoms with Crippen LogP contribution in [0.5, 0.6) is 5.75 Å². The fraction of sp³-hybridized carbons (Fsp3) is 0.417. The lowest BCUT2D eigenvalue weighted by molar-refractivity contribution is -0.113. The van der Waals surface area contributed by atoms with Gasteiger partial charge in [0.2, 0.25) is 0 Å². The maximum Gasteiger partial charge on any atom is 0.119 e. The number of halogens is 1. The second-order valence-corrected chi connectivity index (χ2v) is 7.74. The van der Waals surface area contributed by atoms with Crippen LogP contribution in [0.4, 0.5) is 0 Å². The van der Waals surface area contributed by atoms with Gasteiger partial charge in [-0.3, -0.25) is 0 Å². The Hall–Kier alpha value is -2.07. The number of hydrogen-bond acceptors (Lipinski definition) is 5. The van der Waals surface area contributed by atoms with Gasteiger partial charge in [-0.1, -0.05) is 41.8 Å². The van der Waals surface area contributed by atoms with Crippen molar-refractivity contribution < 1.29 is 24.4 Å². The van der Waals surface area contributed by atoms with Gasteiger partial charge in [-0.15, -0.1) is 6.42 Å². The van der Waals surface area contributed by atoms with Crippen molar-refractivity contribution >= 4 is 11.6 Å². The Bertz CT molecular complexity index is 846. The summed E-state index contributed by atoms with van der Waals surface area (Å²) in [4.78, 5) is 0. The van der Waals surface area contributed by atoms with Crippen LogP contribution >= 0.6 is 11.6 Å². The highest BCUT2D eigenvalue weighted by molar-refractivity contribution is 6.31. The molecule has 3 rings (SSSR count). The van der Waals surface area contributed by atoms with Crippen molar-refractivity contribution in [2.75, 3.05) is 26.4 Å². The van der Waals surface area contributed by atoms with E-state index in [0.29, 0.717) is 37.5 Å². The molecule has 1 heterocycles. The minimum absolute atomic E-state index is 0.0988. The Morgan fingerprint density at radius 2 is 1.93 bits per heavy atom. The van der Waals surface area contributed by atoms with E-state index >= 15 is 0 Å². The zero-order valence-electron chi connectivity index (χ0n) is 16.8. The monoisotopic (exact) mass is 430 g/mol. The zero-order chi connectivity index (χ0) is 21.3. The third-order valence-corrected chi connectivity index (χ3v) is 5.39. The molecule has 6 heteroatoms. The molecule has 0 aliphatic carbocycles. The summed E-state index contributed by atoms with van der Waals surface area (Å²) in [6.07, 6.45) is 5.68. The van der Waals surface area contributed by atoms with Crippen LogP contribution in [0.1, 0.15) is 35.6 Å². The number of terminal acetylenes is 1. The highest BCUT2D eigenvalue weighted by Gasteiger charge is 2.29. The minimum atomic E-state index is -0.482. The zero-order valence-corrected chi connectivity index (χ0v) is 17.6. The van der Waals surface area contributed by atoms with E-state index in [1.165, 1.54) is 0 Å². The van der Waals surface area contributed by atoms with Crippen molar-refractivity contribution in [1.82, 2.24) is 0 Å². The van der Waals surface area contributed by atoms with E-state index in [1.54, 1.807) is 0 Å². The Kier molecular flexibility index (Phi) is 8.56. The second kappa shape index (κ2) is 11.4. The molecule has 2 N–H and O–H groups in total. The van der Waals surface area contributed by atoms with Gasteiger partial charge in [0.1, 0.15) is 19.0 Å². The average molecular weight is 431 g/mol. The summed E-state index contributed by atoms with van der Waals surface area (Å²) in [5, 5.41) is 20.2. The molecule has 2 aromatic carbocycles. The van der Waals surface area contributed by atoms with Crippen LogP contribution in [0, 0.1) is 12.3 Å². The molecule has 2 unspecified atom stereocenters. The second-order valence-electron chi connectivity index (χ2n) is 7.33. The Labute approximate surface area is 182 Å². The molecule has 0 aromatic heterocycles. The number of hydrogen-bond donors (Lipinski definition) is 2. The van der Waals surface area contributed by atoms with Crippen LogP contribution in [0.3, 0.4) is 0 Å². The molecule has 1 fully saturated rings. The predicted molar refractivity (Wildman–Crippen MR) is 116 cm³/mol. The van der Waals surface area contributed by atoms with E-state index in [-0.39, 0.29) is 25.4 Å². The molecule has 0 radical (unpaired) electrons.